The first-order valence-corrected chi connectivity index (χ1v) is 7.95. The number of nitrogens with one attached hydrogen (secondary N) is 1. The zero-order valence-corrected chi connectivity index (χ0v) is 13.6. The number of halogens is 1. The Balaban J connectivity index is 1.94. The fourth-order valence-electron chi connectivity index (χ4n) is 2.23. The minimum atomic E-state index is -0.521. The van der Waals surface area contributed by atoms with Gasteiger partial charge in [0.2, 0.25) is 5.91 Å². The van der Waals surface area contributed by atoms with Gasteiger partial charge < -0.3 is 5.32 Å². The Hall–Kier alpha value is -2.38. The van der Waals surface area contributed by atoms with Crippen LogP contribution >= 0.6 is 22.9 Å². The van der Waals surface area contributed by atoms with Crippen molar-refractivity contribution >= 4 is 44.7 Å². The molecule has 0 unspecified atom stereocenters. The quantitative estimate of drug-likeness (QED) is 0.786. The zero-order chi connectivity index (χ0) is 16.6. The van der Waals surface area contributed by atoms with E-state index in [4.69, 9.17) is 11.6 Å². The molecule has 1 amide bonds. The van der Waals surface area contributed by atoms with Crippen molar-refractivity contribution in [3.05, 3.63) is 61.6 Å². The van der Waals surface area contributed by atoms with Crippen LogP contribution in [0.4, 0.5) is 5.69 Å². The monoisotopic (exact) mass is 349 g/mol. The van der Waals surface area contributed by atoms with E-state index in [0.717, 1.165) is 4.57 Å². The third-order valence-corrected chi connectivity index (χ3v) is 4.53. The van der Waals surface area contributed by atoms with Crippen molar-refractivity contribution in [2.45, 2.75) is 6.54 Å². The number of rotatable bonds is 3. The van der Waals surface area contributed by atoms with Gasteiger partial charge in [-0.25, -0.2) is 4.79 Å². The number of carbonyl (C=O) groups excluding carboxylic acids is 1. The highest BCUT2D eigenvalue weighted by atomic mass is 35.5. The van der Waals surface area contributed by atoms with Crippen molar-refractivity contribution in [3.63, 3.8) is 0 Å². The van der Waals surface area contributed by atoms with Gasteiger partial charge in [0, 0.05) is 17.8 Å². The Kier molecular flexibility index (Phi) is 4.06. The van der Waals surface area contributed by atoms with Crippen molar-refractivity contribution in [3.8, 4) is 0 Å². The molecule has 0 spiro atoms. The number of fused-ring (bicyclic) bond motifs is 1. The van der Waals surface area contributed by atoms with Crippen molar-refractivity contribution < 1.29 is 4.79 Å². The van der Waals surface area contributed by atoms with E-state index in [1.807, 2.05) is 0 Å². The molecule has 118 valence electrons. The number of hydrogen-bond acceptors (Lipinski definition) is 4. The van der Waals surface area contributed by atoms with Crippen LogP contribution in [0.2, 0.25) is 5.02 Å². The van der Waals surface area contributed by atoms with E-state index in [1.54, 1.807) is 35.7 Å². The molecule has 6 nitrogen and oxygen atoms in total. The standard InChI is InChI=1S/C15H12ClN3O3S/c1-18-14(21)13-11(6-7-23-13)19(15(18)22)8-12(20)17-10-4-2-9(16)3-5-10/h2-7H,8H2,1H3,(H,17,20). The van der Waals surface area contributed by atoms with Crippen LogP contribution in [0.3, 0.4) is 0 Å². The molecule has 8 heteroatoms. The first-order chi connectivity index (χ1) is 11.0. The molecule has 23 heavy (non-hydrogen) atoms. The lowest BCUT2D eigenvalue weighted by molar-refractivity contribution is -0.116. The smallest absolute Gasteiger partial charge is 0.325 e. The molecule has 0 saturated carbocycles. The Morgan fingerprint density at radius 3 is 2.61 bits per heavy atom. The average molecular weight is 350 g/mol. The molecule has 0 aliphatic carbocycles. The first-order valence-electron chi connectivity index (χ1n) is 6.70. The predicted octanol–water partition coefficient (Wildman–Crippen LogP) is 2.05. The summed E-state index contributed by atoms with van der Waals surface area (Å²) in [5.74, 6) is -0.361. The molecule has 2 aromatic heterocycles. The van der Waals surface area contributed by atoms with Crippen molar-refractivity contribution in [1.82, 2.24) is 9.13 Å². The summed E-state index contributed by atoms with van der Waals surface area (Å²) in [6.45, 7) is -0.178. The molecule has 0 saturated heterocycles. The van der Waals surface area contributed by atoms with Gasteiger partial charge in [-0.05, 0) is 35.7 Å². The Morgan fingerprint density at radius 1 is 1.22 bits per heavy atom. The molecular formula is C15H12ClN3O3S. The first kappa shape index (κ1) is 15.5. The van der Waals surface area contributed by atoms with Gasteiger partial charge >= 0.3 is 5.69 Å². The lowest BCUT2D eigenvalue weighted by Gasteiger charge is -2.10. The van der Waals surface area contributed by atoms with Gasteiger partial charge in [-0.3, -0.25) is 18.7 Å². The summed E-state index contributed by atoms with van der Waals surface area (Å²) in [4.78, 5) is 36.5. The highest BCUT2D eigenvalue weighted by Crippen LogP contribution is 2.16. The van der Waals surface area contributed by atoms with Gasteiger partial charge in [0.05, 0.1) is 5.52 Å². The molecule has 1 aromatic carbocycles. The fourth-order valence-corrected chi connectivity index (χ4v) is 3.22. The van der Waals surface area contributed by atoms with Gasteiger partial charge in [-0.1, -0.05) is 11.6 Å². The minimum Gasteiger partial charge on any atom is -0.325 e. The number of benzene rings is 1. The summed E-state index contributed by atoms with van der Waals surface area (Å²) in [5, 5.41) is 4.98. The molecule has 0 atom stereocenters. The topological polar surface area (TPSA) is 73.1 Å². The average Bonchev–Trinajstić information content (AvgIpc) is 3.01. The van der Waals surface area contributed by atoms with Crippen molar-refractivity contribution in [2.75, 3.05) is 5.32 Å². The second kappa shape index (κ2) is 6.02. The van der Waals surface area contributed by atoms with Crippen LogP contribution in [0.1, 0.15) is 0 Å². The predicted molar refractivity (Wildman–Crippen MR) is 91.4 cm³/mol. The minimum absolute atomic E-state index is 0.178. The van der Waals surface area contributed by atoms with E-state index in [1.165, 1.54) is 23.0 Å². The van der Waals surface area contributed by atoms with E-state index < -0.39 is 5.69 Å². The number of anilines is 1. The van der Waals surface area contributed by atoms with E-state index >= 15 is 0 Å². The second-order valence-corrected chi connectivity index (χ2v) is 6.28. The summed E-state index contributed by atoms with van der Waals surface area (Å²) in [6, 6.07) is 8.32. The molecule has 0 bridgehead atoms. The Morgan fingerprint density at radius 2 is 1.91 bits per heavy atom. The lowest BCUT2D eigenvalue weighted by Crippen LogP contribution is -2.39. The van der Waals surface area contributed by atoms with Crippen LogP contribution in [-0.4, -0.2) is 15.0 Å². The van der Waals surface area contributed by atoms with E-state index in [9.17, 15) is 14.4 Å². The summed E-state index contributed by atoms with van der Waals surface area (Å²) >= 11 is 7.04. The number of carbonyl (C=O) groups is 1. The number of aromatic nitrogens is 2. The highest BCUT2D eigenvalue weighted by Gasteiger charge is 2.14. The maximum absolute atomic E-state index is 12.3. The molecule has 2 heterocycles. The van der Waals surface area contributed by atoms with Crippen LogP contribution in [0.5, 0.6) is 0 Å². The maximum atomic E-state index is 12.3. The van der Waals surface area contributed by atoms with Crippen molar-refractivity contribution in [2.24, 2.45) is 7.05 Å². The number of amides is 1. The van der Waals surface area contributed by atoms with E-state index in [0.29, 0.717) is 20.9 Å². The fraction of sp³-hybridized carbons (Fsp3) is 0.133. The third kappa shape index (κ3) is 2.93. The number of thiophene rings is 1. The Labute approximate surface area is 139 Å². The maximum Gasteiger partial charge on any atom is 0.331 e. The molecule has 0 radical (unpaired) electrons. The highest BCUT2D eigenvalue weighted by molar-refractivity contribution is 7.17. The van der Waals surface area contributed by atoms with Crippen molar-refractivity contribution in [1.29, 1.82) is 0 Å². The summed E-state index contributed by atoms with van der Waals surface area (Å²) in [7, 11) is 1.40. The summed E-state index contributed by atoms with van der Waals surface area (Å²) in [5.41, 5.74) is 0.176. The van der Waals surface area contributed by atoms with Crippen LogP contribution < -0.4 is 16.6 Å². The number of hydrogen-bond donors (Lipinski definition) is 1. The molecule has 3 aromatic rings. The van der Waals surface area contributed by atoms with Crippen LogP contribution in [0.15, 0.2) is 45.3 Å². The van der Waals surface area contributed by atoms with Crippen LogP contribution in [-0.2, 0) is 18.4 Å². The second-order valence-electron chi connectivity index (χ2n) is 4.92. The normalized spacial score (nSPS) is 10.9. The van der Waals surface area contributed by atoms with E-state index in [2.05, 4.69) is 5.32 Å². The molecule has 0 aliphatic heterocycles. The molecule has 3 rings (SSSR count). The molecule has 1 N–H and O–H groups in total. The van der Waals surface area contributed by atoms with Gasteiger partial charge in [0.15, 0.2) is 0 Å². The largest absolute Gasteiger partial charge is 0.331 e. The van der Waals surface area contributed by atoms with Gasteiger partial charge in [-0.2, -0.15) is 0 Å². The summed E-state index contributed by atoms with van der Waals surface area (Å²) in [6.07, 6.45) is 0. The van der Waals surface area contributed by atoms with Crippen LogP contribution in [0.25, 0.3) is 10.2 Å². The SMILES string of the molecule is Cn1c(=O)c2sccc2n(CC(=O)Nc2ccc(Cl)cc2)c1=O. The van der Waals surface area contributed by atoms with Crippen LogP contribution in [0, 0.1) is 0 Å². The summed E-state index contributed by atoms with van der Waals surface area (Å²) < 4.78 is 2.75. The van der Waals surface area contributed by atoms with Gasteiger partial charge in [0.1, 0.15) is 11.2 Å². The Bertz CT molecular complexity index is 1000. The van der Waals surface area contributed by atoms with Gasteiger partial charge in [0.25, 0.3) is 5.56 Å². The lowest BCUT2D eigenvalue weighted by atomic mass is 10.3. The zero-order valence-electron chi connectivity index (χ0n) is 12.1. The van der Waals surface area contributed by atoms with Gasteiger partial charge in [-0.15, -0.1) is 11.3 Å². The van der Waals surface area contributed by atoms with E-state index in [-0.39, 0.29) is 18.0 Å². The molecule has 0 aliphatic rings. The molecule has 0 fully saturated rings. The number of nitrogens with zero attached hydrogens (tertiary/aromatic N) is 2. The third-order valence-electron chi connectivity index (χ3n) is 3.38. The molecular weight excluding hydrogens is 338 g/mol.